The van der Waals surface area contributed by atoms with Crippen molar-refractivity contribution in [1.82, 2.24) is 10.2 Å². The first-order chi connectivity index (χ1) is 8.75. The molecule has 1 aliphatic rings. The first-order valence-electron chi connectivity index (χ1n) is 6.34. The van der Waals surface area contributed by atoms with E-state index in [-0.39, 0.29) is 0 Å². The monoisotopic (exact) mass is 305 g/mol. The molecule has 1 aromatic heterocycles. The topological polar surface area (TPSA) is 54.7 Å². The van der Waals surface area contributed by atoms with Gasteiger partial charge in [-0.3, -0.25) is 5.10 Å². The number of rotatable bonds is 2. The first kappa shape index (κ1) is 11.8. The maximum absolute atomic E-state index is 5.85. The minimum absolute atomic E-state index is 0.621. The number of hydrogen-bond donors (Lipinski definition) is 2. The molecule has 2 aromatic rings. The number of halogens is 1. The van der Waals surface area contributed by atoms with Gasteiger partial charge in [0.1, 0.15) is 5.82 Å². The lowest BCUT2D eigenvalue weighted by atomic mass is 9.95. The summed E-state index contributed by atoms with van der Waals surface area (Å²) >= 11 is 3.70. The largest absolute Gasteiger partial charge is 0.384 e. The Labute approximate surface area is 115 Å². The van der Waals surface area contributed by atoms with Crippen molar-refractivity contribution in [3.05, 3.63) is 34.4 Å². The average molecular weight is 306 g/mol. The van der Waals surface area contributed by atoms with E-state index in [4.69, 9.17) is 5.73 Å². The Morgan fingerprint density at radius 1 is 1.28 bits per heavy atom. The molecule has 0 saturated heterocycles. The van der Waals surface area contributed by atoms with Crippen molar-refractivity contribution < 1.29 is 0 Å². The lowest BCUT2D eigenvalue weighted by molar-refractivity contribution is 0.720. The van der Waals surface area contributed by atoms with E-state index < -0.39 is 0 Å². The lowest BCUT2D eigenvalue weighted by Gasteiger charge is -2.13. The summed E-state index contributed by atoms with van der Waals surface area (Å²) in [6.07, 6.45) is 7.10. The third-order valence-electron chi connectivity index (χ3n) is 3.78. The van der Waals surface area contributed by atoms with E-state index in [0.29, 0.717) is 5.82 Å². The summed E-state index contributed by atoms with van der Waals surface area (Å²) in [4.78, 5) is 0. The zero-order valence-electron chi connectivity index (χ0n) is 10.1. The van der Waals surface area contributed by atoms with Crippen LogP contribution in [0.15, 0.2) is 28.9 Å². The Hall–Kier alpha value is -1.29. The number of nitrogen functional groups attached to an aromatic ring is 1. The van der Waals surface area contributed by atoms with Crippen LogP contribution >= 0.6 is 15.9 Å². The van der Waals surface area contributed by atoms with E-state index in [1.165, 1.54) is 35.7 Å². The lowest BCUT2D eigenvalue weighted by Crippen LogP contribution is -1.94. The van der Waals surface area contributed by atoms with E-state index in [0.717, 1.165) is 17.0 Å². The zero-order valence-corrected chi connectivity index (χ0v) is 11.7. The molecule has 18 heavy (non-hydrogen) atoms. The van der Waals surface area contributed by atoms with Crippen LogP contribution in [0.3, 0.4) is 0 Å². The third kappa shape index (κ3) is 2.05. The molecule has 3 N–H and O–H groups in total. The summed E-state index contributed by atoms with van der Waals surface area (Å²) in [5, 5.41) is 6.73. The molecule has 0 spiro atoms. The maximum Gasteiger partial charge on any atom is 0.126 e. The molecular weight excluding hydrogens is 290 g/mol. The van der Waals surface area contributed by atoms with E-state index in [2.05, 4.69) is 44.3 Å². The van der Waals surface area contributed by atoms with Crippen molar-refractivity contribution in [1.29, 1.82) is 0 Å². The highest BCUT2D eigenvalue weighted by molar-refractivity contribution is 9.10. The molecule has 0 amide bonds. The zero-order chi connectivity index (χ0) is 12.5. The molecule has 1 aromatic carbocycles. The van der Waals surface area contributed by atoms with Gasteiger partial charge in [0.05, 0.1) is 6.20 Å². The molecule has 0 atom stereocenters. The normalized spacial score (nSPS) is 16.3. The van der Waals surface area contributed by atoms with E-state index in [1.54, 1.807) is 6.20 Å². The van der Waals surface area contributed by atoms with Crippen LogP contribution in [0.2, 0.25) is 0 Å². The van der Waals surface area contributed by atoms with Crippen molar-refractivity contribution in [3.8, 4) is 11.1 Å². The number of nitrogens with one attached hydrogen (secondary N) is 1. The number of anilines is 1. The fourth-order valence-electron chi connectivity index (χ4n) is 2.79. The van der Waals surface area contributed by atoms with Crippen molar-refractivity contribution in [2.24, 2.45) is 0 Å². The number of H-pyrrole nitrogens is 1. The quantitative estimate of drug-likeness (QED) is 0.878. The predicted molar refractivity (Wildman–Crippen MR) is 77.3 cm³/mol. The summed E-state index contributed by atoms with van der Waals surface area (Å²) in [5.41, 5.74) is 9.35. The van der Waals surface area contributed by atoms with Crippen LogP contribution in [0, 0.1) is 0 Å². The Morgan fingerprint density at radius 3 is 2.67 bits per heavy atom. The Kier molecular flexibility index (Phi) is 3.12. The van der Waals surface area contributed by atoms with Gasteiger partial charge in [-0.2, -0.15) is 5.10 Å². The molecule has 3 rings (SSSR count). The second kappa shape index (κ2) is 4.76. The third-order valence-corrected chi connectivity index (χ3v) is 4.46. The number of benzene rings is 1. The van der Waals surface area contributed by atoms with Gasteiger partial charge in [0.15, 0.2) is 0 Å². The molecule has 1 heterocycles. The average Bonchev–Trinajstić information content (AvgIpc) is 2.99. The Bertz CT molecular complexity index is 556. The predicted octanol–water partition coefficient (Wildman–Crippen LogP) is 4.08. The molecule has 4 heteroatoms. The highest BCUT2D eigenvalue weighted by atomic mass is 79.9. The smallest absolute Gasteiger partial charge is 0.126 e. The van der Waals surface area contributed by atoms with Crippen molar-refractivity contribution in [2.45, 2.75) is 31.6 Å². The van der Waals surface area contributed by atoms with Gasteiger partial charge in [-0.1, -0.05) is 40.9 Å². The second-order valence-electron chi connectivity index (χ2n) is 4.92. The molecular formula is C14H16BrN3. The van der Waals surface area contributed by atoms with Crippen LogP contribution in [-0.4, -0.2) is 10.2 Å². The SMILES string of the molecule is Nc1[nH]ncc1-c1ccc(C2CCCC2)c(Br)c1. The minimum atomic E-state index is 0.621. The van der Waals surface area contributed by atoms with Gasteiger partial charge in [-0.25, -0.2) is 0 Å². The maximum atomic E-state index is 5.85. The van der Waals surface area contributed by atoms with Crippen molar-refractivity contribution in [2.75, 3.05) is 5.73 Å². The summed E-state index contributed by atoms with van der Waals surface area (Å²) < 4.78 is 1.19. The van der Waals surface area contributed by atoms with Gasteiger partial charge in [0.2, 0.25) is 0 Å². The number of hydrogen-bond acceptors (Lipinski definition) is 2. The molecule has 1 fully saturated rings. The highest BCUT2D eigenvalue weighted by Gasteiger charge is 2.19. The van der Waals surface area contributed by atoms with Gasteiger partial charge < -0.3 is 5.73 Å². The van der Waals surface area contributed by atoms with Crippen LogP contribution in [0.4, 0.5) is 5.82 Å². The molecule has 94 valence electrons. The number of aromatic nitrogens is 2. The van der Waals surface area contributed by atoms with Gasteiger partial charge in [-0.15, -0.1) is 0 Å². The fourth-order valence-corrected chi connectivity index (χ4v) is 3.49. The van der Waals surface area contributed by atoms with Crippen LogP contribution < -0.4 is 5.73 Å². The summed E-state index contributed by atoms with van der Waals surface area (Å²) in [6.45, 7) is 0. The van der Waals surface area contributed by atoms with Crippen LogP contribution in [0.5, 0.6) is 0 Å². The standard InChI is InChI=1S/C14H16BrN3/c15-13-7-10(12-8-17-18-14(12)16)5-6-11(13)9-3-1-2-4-9/h5-9H,1-4H2,(H3,16,17,18). The highest BCUT2D eigenvalue weighted by Crippen LogP contribution is 2.39. The molecule has 1 aliphatic carbocycles. The molecule has 0 radical (unpaired) electrons. The van der Waals surface area contributed by atoms with Gasteiger partial charge in [0, 0.05) is 10.0 Å². The van der Waals surface area contributed by atoms with Gasteiger partial charge >= 0.3 is 0 Å². The molecule has 0 unspecified atom stereocenters. The van der Waals surface area contributed by atoms with E-state index >= 15 is 0 Å². The fraction of sp³-hybridized carbons (Fsp3) is 0.357. The minimum Gasteiger partial charge on any atom is -0.384 e. The number of nitrogens with zero attached hydrogens (tertiary/aromatic N) is 1. The summed E-state index contributed by atoms with van der Waals surface area (Å²) in [7, 11) is 0. The Balaban J connectivity index is 1.96. The molecule has 0 bridgehead atoms. The van der Waals surface area contributed by atoms with Crippen LogP contribution in [-0.2, 0) is 0 Å². The van der Waals surface area contributed by atoms with E-state index in [9.17, 15) is 0 Å². The summed E-state index contributed by atoms with van der Waals surface area (Å²) in [6, 6.07) is 6.51. The molecule has 1 saturated carbocycles. The first-order valence-corrected chi connectivity index (χ1v) is 7.13. The Morgan fingerprint density at radius 2 is 2.06 bits per heavy atom. The summed E-state index contributed by atoms with van der Waals surface area (Å²) in [5.74, 6) is 1.34. The number of nitrogens with two attached hydrogens (primary N) is 1. The van der Waals surface area contributed by atoms with Crippen molar-refractivity contribution >= 4 is 21.7 Å². The van der Waals surface area contributed by atoms with Crippen LogP contribution in [0.25, 0.3) is 11.1 Å². The van der Waals surface area contributed by atoms with Crippen LogP contribution in [0.1, 0.15) is 37.2 Å². The molecule has 3 nitrogen and oxygen atoms in total. The van der Waals surface area contributed by atoms with Crippen molar-refractivity contribution in [3.63, 3.8) is 0 Å². The molecule has 0 aliphatic heterocycles. The van der Waals surface area contributed by atoms with Gasteiger partial charge in [0.25, 0.3) is 0 Å². The number of aromatic amines is 1. The van der Waals surface area contributed by atoms with Gasteiger partial charge in [-0.05, 0) is 36.0 Å². The second-order valence-corrected chi connectivity index (χ2v) is 5.77. The van der Waals surface area contributed by atoms with E-state index in [1.807, 2.05) is 0 Å².